The van der Waals surface area contributed by atoms with E-state index in [0.717, 1.165) is 42.8 Å². The highest BCUT2D eigenvalue weighted by atomic mass is 127. The molecule has 25 heavy (non-hydrogen) atoms. The van der Waals surface area contributed by atoms with Crippen molar-refractivity contribution in [3.05, 3.63) is 15.6 Å². The molecule has 5 nitrogen and oxygen atoms in total. The van der Waals surface area contributed by atoms with Crippen LogP contribution in [0.2, 0.25) is 0 Å². The van der Waals surface area contributed by atoms with Crippen LogP contribution in [0.4, 0.5) is 0 Å². The summed E-state index contributed by atoms with van der Waals surface area (Å²) in [6.45, 7) is 9.59. The number of aromatic nitrogens is 1. The van der Waals surface area contributed by atoms with Crippen LogP contribution >= 0.6 is 35.3 Å². The lowest BCUT2D eigenvalue weighted by molar-refractivity contribution is 0.138. The second-order valence-corrected chi connectivity index (χ2v) is 8.04. The van der Waals surface area contributed by atoms with E-state index in [-0.39, 0.29) is 24.0 Å². The molecular weight excluding hydrogens is 447 g/mol. The number of aryl methyl sites for hydroxylation is 2. The molecule has 2 N–H and O–H groups in total. The molecule has 0 radical (unpaired) electrons. The Labute approximate surface area is 173 Å². The normalized spacial score (nSPS) is 16.6. The fourth-order valence-corrected chi connectivity index (χ4v) is 4.18. The highest BCUT2D eigenvalue weighted by Gasteiger charge is 2.33. The number of halogens is 1. The topological polar surface area (TPSA) is 58.5 Å². The first-order valence-electron chi connectivity index (χ1n) is 9.02. The molecule has 0 spiro atoms. The second-order valence-electron chi connectivity index (χ2n) is 6.75. The van der Waals surface area contributed by atoms with Crippen molar-refractivity contribution >= 4 is 41.3 Å². The Morgan fingerprint density at radius 2 is 2.00 bits per heavy atom. The summed E-state index contributed by atoms with van der Waals surface area (Å²) >= 11 is 1.74. The Morgan fingerprint density at radius 3 is 2.56 bits per heavy atom. The van der Waals surface area contributed by atoms with E-state index in [4.69, 9.17) is 9.73 Å². The van der Waals surface area contributed by atoms with Gasteiger partial charge < -0.3 is 15.4 Å². The number of nitrogens with one attached hydrogen (secondary N) is 2. The maximum absolute atomic E-state index is 5.32. The number of nitrogens with zero attached hydrogens (tertiary/aromatic N) is 2. The molecule has 1 aromatic rings. The van der Waals surface area contributed by atoms with Gasteiger partial charge in [0.15, 0.2) is 5.96 Å². The summed E-state index contributed by atoms with van der Waals surface area (Å²) < 4.78 is 5.32. The van der Waals surface area contributed by atoms with E-state index in [2.05, 4.69) is 36.4 Å². The largest absolute Gasteiger partial charge is 0.385 e. The van der Waals surface area contributed by atoms with E-state index in [0.29, 0.717) is 12.0 Å². The Morgan fingerprint density at radius 1 is 1.28 bits per heavy atom. The number of methoxy groups -OCH3 is 1. The lowest BCUT2D eigenvalue weighted by Gasteiger charge is -2.29. The van der Waals surface area contributed by atoms with Crippen LogP contribution in [0, 0.1) is 19.3 Å². The van der Waals surface area contributed by atoms with Crippen LogP contribution in [0.1, 0.15) is 54.6 Å². The summed E-state index contributed by atoms with van der Waals surface area (Å²) in [5.74, 6) is 0.895. The van der Waals surface area contributed by atoms with Gasteiger partial charge in [-0.25, -0.2) is 9.98 Å². The van der Waals surface area contributed by atoms with Gasteiger partial charge in [0.1, 0.15) is 5.01 Å². The average molecular weight is 480 g/mol. The Balaban J connectivity index is 0.00000312. The van der Waals surface area contributed by atoms with Gasteiger partial charge in [0.25, 0.3) is 0 Å². The van der Waals surface area contributed by atoms with Crippen molar-refractivity contribution in [2.75, 3.05) is 26.8 Å². The molecule has 1 fully saturated rings. The maximum Gasteiger partial charge on any atom is 0.191 e. The lowest BCUT2D eigenvalue weighted by Crippen LogP contribution is -2.43. The highest BCUT2D eigenvalue weighted by molar-refractivity contribution is 14.0. The van der Waals surface area contributed by atoms with Crippen molar-refractivity contribution in [3.8, 4) is 0 Å². The van der Waals surface area contributed by atoms with Crippen LogP contribution in [0.5, 0.6) is 0 Å². The molecule has 1 saturated carbocycles. The third-order valence-corrected chi connectivity index (χ3v) is 5.98. The van der Waals surface area contributed by atoms with Gasteiger partial charge in [-0.2, -0.15) is 0 Å². The molecule has 2 rings (SSSR count). The van der Waals surface area contributed by atoms with Crippen LogP contribution in [-0.4, -0.2) is 37.7 Å². The first-order valence-corrected chi connectivity index (χ1v) is 9.84. The van der Waals surface area contributed by atoms with Crippen LogP contribution < -0.4 is 10.6 Å². The number of rotatable bonds is 8. The fourth-order valence-electron chi connectivity index (χ4n) is 3.33. The zero-order chi connectivity index (χ0) is 17.4. The molecule has 7 heteroatoms. The quantitative estimate of drug-likeness (QED) is 0.335. The van der Waals surface area contributed by atoms with E-state index in [1.54, 1.807) is 18.4 Å². The predicted molar refractivity (Wildman–Crippen MR) is 117 cm³/mol. The van der Waals surface area contributed by atoms with Crippen molar-refractivity contribution in [1.82, 2.24) is 15.6 Å². The zero-order valence-corrected chi connectivity index (χ0v) is 19.1. The van der Waals surface area contributed by atoms with Crippen LogP contribution in [0.3, 0.4) is 0 Å². The molecule has 0 bridgehead atoms. The molecule has 144 valence electrons. The van der Waals surface area contributed by atoms with Crippen LogP contribution in [-0.2, 0) is 11.3 Å². The summed E-state index contributed by atoms with van der Waals surface area (Å²) in [5, 5.41) is 8.00. The molecule has 0 saturated heterocycles. The minimum absolute atomic E-state index is 0. The van der Waals surface area contributed by atoms with E-state index >= 15 is 0 Å². The van der Waals surface area contributed by atoms with Gasteiger partial charge in [-0.3, -0.25) is 0 Å². The Bertz CT molecular complexity index is 522. The SMILES string of the molecule is CCNC(=NCc1nc(C)c(C)s1)NCC1(CCOC)CCCC1.I. The van der Waals surface area contributed by atoms with Crippen molar-refractivity contribution in [2.45, 2.75) is 59.4 Å². The predicted octanol–water partition coefficient (Wildman–Crippen LogP) is 4.03. The van der Waals surface area contributed by atoms with Crippen molar-refractivity contribution in [2.24, 2.45) is 10.4 Å². The van der Waals surface area contributed by atoms with Crippen molar-refractivity contribution in [1.29, 1.82) is 0 Å². The van der Waals surface area contributed by atoms with E-state index in [1.165, 1.54) is 30.6 Å². The monoisotopic (exact) mass is 480 g/mol. The van der Waals surface area contributed by atoms with Crippen molar-refractivity contribution < 1.29 is 4.74 Å². The van der Waals surface area contributed by atoms with Gasteiger partial charge in [0, 0.05) is 31.7 Å². The van der Waals surface area contributed by atoms with Gasteiger partial charge in [0.05, 0.1) is 12.2 Å². The standard InChI is InChI=1S/C18H32N4OS.HI/c1-5-19-17(20-12-16-22-14(2)15(3)24-16)21-13-18(10-11-23-4)8-6-7-9-18;/h5-13H2,1-4H3,(H2,19,20,21);1H. The van der Waals surface area contributed by atoms with Crippen LogP contribution in [0.25, 0.3) is 0 Å². The first-order chi connectivity index (χ1) is 11.6. The minimum Gasteiger partial charge on any atom is -0.385 e. The van der Waals surface area contributed by atoms with Gasteiger partial charge in [-0.1, -0.05) is 12.8 Å². The number of hydrogen-bond donors (Lipinski definition) is 2. The molecule has 1 aromatic heterocycles. The van der Waals surface area contributed by atoms with E-state index < -0.39 is 0 Å². The molecule has 0 amide bonds. The smallest absolute Gasteiger partial charge is 0.191 e. The van der Waals surface area contributed by atoms with Crippen LogP contribution in [0.15, 0.2) is 4.99 Å². The Hall–Kier alpha value is -0.410. The number of guanidine groups is 1. The third-order valence-electron chi connectivity index (χ3n) is 4.92. The number of ether oxygens (including phenoxy) is 1. The summed E-state index contributed by atoms with van der Waals surface area (Å²) in [6.07, 6.45) is 6.36. The molecular formula is C18H33IN4OS. The van der Waals surface area contributed by atoms with Gasteiger partial charge in [-0.05, 0) is 45.4 Å². The molecule has 1 heterocycles. The summed E-state index contributed by atoms with van der Waals surface area (Å²) in [6, 6.07) is 0. The fraction of sp³-hybridized carbons (Fsp3) is 0.778. The zero-order valence-electron chi connectivity index (χ0n) is 16.0. The van der Waals surface area contributed by atoms with E-state index in [1.807, 2.05) is 0 Å². The summed E-state index contributed by atoms with van der Waals surface area (Å²) in [4.78, 5) is 10.6. The minimum atomic E-state index is 0. The van der Waals surface area contributed by atoms with Crippen molar-refractivity contribution in [3.63, 3.8) is 0 Å². The first kappa shape index (κ1) is 22.6. The lowest BCUT2D eigenvalue weighted by atomic mass is 9.83. The molecule has 0 aromatic carbocycles. The molecule has 0 aliphatic heterocycles. The molecule has 0 unspecified atom stereocenters. The Kier molecular flexibility index (Phi) is 10.3. The third kappa shape index (κ3) is 7.02. The maximum atomic E-state index is 5.32. The molecule has 1 aliphatic rings. The van der Waals surface area contributed by atoms with Gasteiger partial charge in [-0.15, -0.1) is 35.3 Å². The number of thiazole rings is 1. The molecule has 1 aliphatic carbocycles. The van der Waals surface area contributed by atoms with Gasteiger partial charge >= 0.3 is 0 Å². The van der Waals surface area contributed by atoms with E-state index in [9.17, 15) is 0 Å². The molecule has 0 atom stereocenters. The highest BCUT2D eigenvalue weighted by Crippen LogP contribution is 2.40. The average Bonchev–Trinajstić information content (AvgIpc) is 3.16. The summed E-state index contributed by atoms with van der Waals surface area (Å²) in [7, 11) is 1.79. The number of hydrogen-bond acceptors (Lipinski definition) is 4. The number of aliphatic imine (C=N–C) groups is 1. The van der Waals surface area contributed by atoms with Gasteiger partial charge in [0.2, 0.25) is 0 Å². The second kappa shape index (κ2) is 11.3. The summed E-state index contributed by atoms with van der Waals surface area (Å²) in [5.41, 5.74) is 1.48.